The quantitative estimate of drug-likeness (QED) is 0.666. The van der Waals surface area contributed by atoms with Crippen molar-refractivity contribution in [1.29, 1.82) is 0 Å². The fourth-order valence-corrected chi connectivity index (χ4v) is 1.41. The second kappa shape index (κ2) is 8.23. The van der Waals surface area contributed by atoms with Gasteiger partial charge in [0, 0.05) is 13.0 Å². The van der Waals surface area contributed by atoms with Gasteiger partial charge in [-0.1, -0.05) is 0 Å². The predicted molar refractivity (Wildman–Crippen MR) is 73.5 cm³/mol. The summed E-state index contributed by atoms with van der Waals surface area (Å²) in [6.45, 7) is 6.19. The molecule has 120 valence electrons. The van der Waals surface area contributed by atoms with Crippen LogP contribution < -0.4 is 5.32 Å². The van der Waals surface area contributed by atoms with E-state index in [1.807, 2.05) is 0 Å². The maximum Gasteiger partial charge on any atom is 0.325 e. The minimum atomic E-state index is -1.28. The van der Waals surface area contributed by atoms with E-state index in [1.54, 1.807) is 13.8 Å². The predicted octanol–water partition coefficient (Wildman–Crippen LogP) is 0.609. The molecule has 0 fully saturated rings. The van der Waals surface area contributed by atoms with Crippen LogP contribution in [0.1, 0.15) is 34.1 Å². The summed E-state index contributed by atoms with van der Waals surface area (Å²) in [7, 11) is 0. The lowest BCUT2D eigenvalue weighted by molar-refractivity contribution is -0.149. The van der Waals surface area contributed by atoms with Crippen molar-refractivity contribution in [2.45, 2.75) is 34.1 Å². The van der Waals surface area contributed by atoms with Gasteiger partial charge in [-0.3, -0.25) is 19.7 Å². The standard InChI is InChI=1S/C13H22N2O6/c1-5-15(8-10(17)21-6-2)12(20)14-9(16)7-13(3,4)11(18)19/h5-8H2,1-4H3,(H,18,19)(H,14,16,20). The van der Waals surface area contributed by atoms with Crippen LogP contribution in [0.25, 0.3) is 0 Å². The third kappa shape index (κ3) is 6.73. The molecule has 0 atom stereocenters. The highest BCUT2D eigenvalue weighted by Crippen LogP contribution is 2.19. The third-order valence-electron chi connectivity index (χ3n) is 2.72. The molecule has 0 bridgehead atoms. The van der Waals surface area contributed by atoms with Crippen LogP contribution in [-0.4, -0.2) is 53.6 Å². The van der Waals surface area contributed by atoms with Crippen LogP contribution in [0.2, 0.25) is 0 Å². The lowest BCUT2D eigenvalue weighted by Crippen LogP contribution is -2.46. The molecule has 0 aliphatic carbocycles. The van der Waals surface area contributed by atoms with E-state index in [0.29, 0.717) is 0 Å². The van der Waals surface area contributed by atoms with Gasteiger partial charge < -0.3 is 14.7 Å². The van der Waals surface area contributed by atoms with E-state index in [0.717, 1.165) is 4.90 Å². The van der Waals surface area contributed by atoms with Crippen LogP contribution in [0.15, 0.2) is 0 Å². The van der Waals surface area contributed by atoms with Crippen molar-refractivity contribution in [2.75, 3.05) is 19.7 Å². The summed E-state index contributed by atoms with van der Waals surface area (Å²) in [5.41, 5.74) is -1.28. The number of likely N-dealkylation sites (N-methyl/N-ethyl adjacent to an activating group) is 1. The number of carboxylic acids is 1. The molecule has 0 aromatic heterocycles. The van der Waals surface area contributed by atoms with Crippen molar-refractivity contribution < 1.29 is 29.0 Å². The molecule has 8 heteroatoms. The Morgan fingerprint density at radius 3 is 2.19 bits per heavy atom. The second-order valence-electron chi connectivity index (χ2n) is 5.04. The molecule has 0 radical (unpaired) electrons. The number of ether oxygens (including phenoxy) is 1. The minimum Gasteiger partial charge on any atom is -0.481 e. The first-order valence-corrected chi connectivity index (χ1v) is 6.61. The number of rotatable bonds is 7. The number of nitrogens with one attached hydrogen (secondary N) is 1. The van der Waals surface area contributed by atoms with Gasteiger partial charge >= 0.3 is 18.0 Å². The van der Waals surface area contributed by atoms with Crippen LogP contribution in [-0.2, 0) is 19.1 Å². The Hall–Kier alpha value is -2.12. The van der Waals surface area contributed by atoms with Gasteiger partial charge in [-0.25, -0.2) is 4.79 Å². The molecule has 8 nitrogen and oxygen atoms in total. The minimum absolute atomic E-state index is 0.198. The van der Waals surface area contributed by atoms with Gasteiger partial charge in [0.2, 0.25) is 5.91 Å². The molecule has 21 heavy (non-hydrogen) atoms. The number of carbonyl (C=O) groups excluding carboxylic acids is 3. The van der Waals surface area contributed by atoms with Crippen molar-refractivity contribution in [1.82, 2.24) is 10.2 Å². The van der Waals surface area contributed by atoms with E-state index in [-0.39, 0.29) is 26.1 Å². The number of imide groups is 1. The van der Waals surface area contributed by atoms with Crippen LogP contribution in [0, 0.1) is 5.41 Å². The third-order valence-corrected chi connectivity index (χ3v) is 2.72. The van der Waals surface area contributed by atoms with Gasteiger partial charge in [-0.2, -0.15) is 0 Å². The molecule has 0 aliphatic heterocycles. The first kappa shape index (κ1) is 18.9. The number of carbonyl (C=O) groups is 4. The maximum absolute atomic E-state index is 11.8. The smallest absolute Gasteiger partial charge is 0.325 e. The molecule has 0 aromatic carbocycles. The number of nitrogens with zero attached hydrogens (tertiary/aromatic N) is 1. The summed E-state index contributed by atoms with van der Waals surface area (Å²) in [6.07, 6.45) is -0.342. The lowest BCUT2D eigenvalue weighted by atomic mass is 9.89. The molecule has 0 heterocycles. The summed E-state index contributed by atoms with van der Waals surface area (Å²) in [5, 5.41) is 11.0. The van der Waals surface area contributed by atoms with Gasteiger partial charge in [0.05, 0.1) is 12.0 Å². The van der Waals surface area contributed by atoms with Gasteiger partial charge in [0.15, 0.2) is 0 Å². The Bertz CT molecular complexity index is 419. The first-order chi connectivity index (χ1) is 9.63. The summed E-state index contributed by atoms with van der Waals surface area (Å²) in [6, 6.07) is -0.753. The van der Waals surface area contributed by atoms with E-state index in [2.05, 4.69) is 5.32 Å². The number of esters is 1. The monoisotopic (exact) mass is 302 g/mol. The van der Waals surface area contributed by atoms with Gasteiger partial charge in [-0.15, -0.1) is 0 Å². The molecule has 3 amide bonds. The first-order valence-electron chi connectivity index (χ1n) is 6.61. The summed E-state index contributed by atoms with van der Waals surface area (Å²) < 4.78 is 4.72. The summed E-state index contributed by atoms with van der Waals surface area (Å²) >= 11 is 0. The Balaban J connectivity index is 4.54. The largest absolute Gasteiger partial charge is 0.481 e. The average Bonchev–Trinajstić information content (AvgIpc) is 2.34. The average molecular weight is 302 g/mol. The van der Waals surface area contributed by atoms with Crippen LogP contribution >= 0.6 is 0 Å². The summed E-state index contributed by atoms with van der Waals surface area (Å²) in [4.78, 5) is 46.8. The number of amides is 3. The van der Waals surface area contributed by atoms with E-state index < -0.39 is 29.3 Å². The molecule has 0 saturated carbocycles. The number of urea groups is 1. The molecule has 0 saturated heterocycles. The second-order valence-corrected chi connectivity index (χ2v) is 5.04. The Morgan fingerprint density at radius 2 is 1.76 bits per heavy atom. The normalized spacial score (nSPS) is 10.7. The zero-order chi connectivity index (χ0) is 16.6. The molecule has 0 aliphatic rings. The Morgan fingerprint density at radius 1 is 1.19 bits per heavy atom. The SMILES string of the molecule is CCOC(=O)CN(CC)C(=O)NC(=O)CC(C)(C)C(=O)O. The van der Waals surface area contributed by atoms with Gasteiger partial charge in [-0.05, 0) is 27.7 Å². The molecule has 0 aromatic rings. The Labute approximate surface area is 123 Å². The maximum atomic E-state index is 11.8. The van der Waals surface area contributed by atoms with Crippen molar-refractivity contribution in [3.8, 4) is 0 Å². The van der Waals surface area contributed by atoms with E-state index in [1.165, 1.54) is 13.8 Å². The molecule has 2 N–H and O–H groups in total. The lowest BCUT2D eigenvalue weighted by Gasteiger charge is -2.22. The number of carboxylic acid groups (broad SMARTS) is 1. The number of aliphatic carboxylic acids is 1. The topological polar surface area (TPSA) is 113 Å². The zero-order valence-corrected chi connectivity index (χ0v) is 12.8. The van der Waals surface area contributed by atoms with E-state index >= 15 is 0 Å². The van der Waals surface area contributed by atoms with Crippen molar-refractivity contribution in [3.63, 3.8) is 0 Å². The zero-order valence-electron chi connectivity index (χ0n) is 12.8. The highest BCUT2D eigenvalue weighted by atomic mass is 16.5. The Kier molecular flexibility index (Phi) is 7.40. The van der Waals surface area contributed by atoms with Crippen molar-refractivity contribution in [2.24, 2.45) is 5.41 Å². The van der Waals surface area contributed by atoms with Crippen LogP contribution in [0.4, 0.5) is 4.79 Å². The van der Waals surface area contributed by atoms with Crippen LogP contribution in [0.5, 0.6) is 0 Å². The van der Waals surface area contributed by atoms with Gasteiger partial charge in [0.1, 0.15) is 6.54 Å². The molecule has 0 unspecified atom stereocenters. The number of hydrogen-bond acceptors (Lipinski definition) is 5. The van der Waals surface area contributed by atoms with Gasteiger partial charge in [0.25, 0.3) is 0 Å². The van der Waals surface area contributed by atoms with Crippen molar-refractivity contribution in [3.05, 3.63) is 0 Å². The fourth-order valence-electron chi connectivity index (χ4n) is 1.41. The fraction of sp³-hybridized carbons (Fsp3) is 0.692. The van der Waals surface area contributed by atoms with E-state index in [9.17, 15) is 19.2 Å². The highest BCUT2D eigenvalue weighted by Gasteiger charge is 2.31. The highest BCUT2D eigenvalue weighted by molar-refractivity contribution is 5.97. The number of hydrogen-bond donors (Lipinski definition) is 2. The summed E-state index contributed by atoms with van der Waals surface area (Å²) in [5.74, 6) is -2.42. The van der Waals surface area contributed by atoms with E-state index in [4.69, 9.17) is 9.84 Å². The van der Waals surface area contributed by atoms with Crippen LogP contribution in [0.3, 0.4) is 0 Å². The van der Waals surface area contributed by atoms with Crippen molar-refractivity contribution >= 4 is 23.9 Å². The molecular weight excluding hydrogens is 280 g/mol. The molecule has 0 rings (SSSR count). The molecule has 0 spiro atoms. The molecular formula is C13H22N2O6.